The van der Waals surface area contributed by atoms with Crippen molar-refractivity contribution in [1.82, 2.24) is 20.0 Å². The Morgan fingerprint density at radius 2 is 1.97 bits per heavy atom. The zero-order chi connectivity index (χ0) is 20.6. The Morgan fingerprint density at radius 3 is 2.62 bits per heavy atom. The number of nitrogens with one attached hydrogen (secondary N) is 1. The van der Waals surface area contributed by atoms with Crippen molar-refractivity contribution in [2.24, 2.45) is 4.99 Å². The van der Waals surface area contributed by atoms with Gasteiger partial charge in [-0.25, -0.2) is 4.99 Å². The standard InChI is InChI=1S/C20H26F3N5O/c1-26-13-28(11-14-5-7-15(8-6-14)20(21,22)23)12-17-18(26)25-19(27(17)2)24-10-16-4-3-9-29-16/h5-8,12,16,19,24H,3-4,9-11,13H2,1-2H3/t16?,19-/m1/s1. The lowest BCUT2D eigenvalue weighted by molar-refractivity contribution is -0.137. The van der Waals surface area contributed by atoms with Crippen LogP contribution < -0.4 is 5.32 Å². The van der Waals surface area contributed by atoms with E-state index in [0.29, 0.717) is 13.2 Å². The third kappa shape index (κ3) is 4.35. The number of likely N-dealkylation sites (N-methyl/N-ethyl adjacent to an activating group) is 2. The number of hydrogen-bond acceptors (Lipinski definition) is 6. The highest BCUT2D eigenvalue weighted by Gasteiger charge is 2.34. The average Bonchev–Trinajstić information content (AvgIpc) is 3.29. The fraction of sp³-hybridized carbons (Fsp3) is 0.550. The van der Waals surface area contributed by atoms with Gasteiger partial charge < -0.3 is 19.4 Å². The zero-order valence-corrected chi connectivity index (χ0v) is 16.6. The number of halogens is 3. The van der Waals surface area contributed by atoms with Crippen molar-refractivity contribution in [2.45, 2.75) is 38.0 Å². The highest BCUT2D eigenvalue weighted by molar-refractivity contribution is 5.99. The molecule has 158 valence electrons. The second-order valence-corrected chi connectivity index (χ2v) is 7.78. The van der Waals surface area contributed by atoms with Gasteiger partial charge in [0.05, 0.1) is 24.0 Å². The van der Waals surface area contributed by atoms with Crippen molar-refractivity contribution < 1.29 is 17.9 Å². The highest BCUT2D eigenvalue weighted by Crippen LogP contribution is 2.30. The van der Waals surface area contributed by atoms with Crippen LogP contribution in [0.4, 0.5) is 13.2 Å². The molecule has 2 atom stereocenters. The number of fused-ring (bicyclic) bond motifs is 1. The van der Waals surface area contributed by atoms with Gasteiger partial charge >= 0.3 is 6.18 Å². The molecular formula is C20H26F3N5O. The lowest BCUT2D eigenvalue weighted by Crippen LogP contribution is -2.45. The van der Waals surface area contributed by atoms with Crippen LogP contribution in [0.25, 0.3) is 0 Å². The molecule has 4 rings (SSSR count). The number of amidine groups is 1. The number of rotatable bonds is 5. The molecule has 9 heteroatoms. The van der Waals surface area contributed by atoms with E-state index in [2.05, 4.69) is 20.0 Å². The molecule has 3 heterocycles. The molecular weight excluding hydrogens is 383 g/mol. The van der Waals surface area contributed by atoms with Gasteiger partial charge in [-0.1, -0.05) is 12.1 Å². The normalized spacial score (nSPS) is 24.7. The Morgan fingerprint density at radius 1 is 1.21 bits per heavy atom. The number of ether oxygens (including phenoxy) is 1. The van der Waals surface area contributed by atoms with Crippen LogP contribution in [0, 0.1) is 0 Å². The van der Waals surface area contributed by atoms with Crippen molar-refractivity contribution in [3.8, 4) is 0 Å². The molecule has 1 saturated heterocycles. The van der Waals surface area contributed by atoms with Crippen LogP contribution in [-0.4, -0.2) is 66.8 Å². The molecule has 0 aliphatic carbocycles. The molecule has 0 spiro atoms. The number of aliphatic imine (C=N–C) groups is 1. The van der Waals surface area contributed by atoms with Gasteiger partial charge in [0.25, 0.3) is 0 Å². The van der Waals surface area contributed by atoms with Crippen LogP contribution in [0.1, 0.15) is 24.0 Å². The molecule has 0 aromatic heterocycles. The van der Waals surface area contributed by atoms with E-state index in [1.54, 1.807) is 0 Å². The van der Waals surface area contributed by atoms with Gasteiger partial charge in [0.1, 0.15) is 0 Å². The van der Waals surface area contributed by atoms with Gasteiger partial charge in [-0.05, 0) is 30.5 Å². The summed E-state index contributed by atoms with van der Waals surface area (Å²) >= 11 is 0. The van der Waals surface area contributed by atoms with Crippen molar-refractivity contribution in [3.63, 3.8) is 0 Å². The van der Waals surface area contributed by atoms with E-state index < -0.39 is 11.7 Å². The predicted molar refractivity (Wildman–Crippen MR) is 104 cm³/mol. The van der Waals surface area contributed by atoms with Crippen LogP contribution in [0.5, 0.6) is 0 Å². The summed E-state index contributed by atoms with van der Waals surface area (Å²) in [5, 5.41) is 3.46. The van der Waals surface area contributed by atoms with Gasteiger partial charge in [0, 0.05) is 40.0 Å². The van der Waals surface area contributed by atoms with Gasteiger partial charge in [-0.15, -0.1) is 0 Å². The molecule has 1 fully saturated rings. The van der Waals surface area contributed by atoms with Gasteiger partial charge in [-0.2, -0.15) is 13.2 Å². The molecule has 0 saturated carbocycles. The Hall–Kier alpha value is -2.26. The summed E-state index contributed by atoms with van der Waals surface area (Å²) in [6.45, 7) is 2.74. The molecule has 3 aliphatic heterocycles. The van der Waals surface area contributed by atoms with Gasteiger partial charge in [0.15, 0.2) is 12.1 Å². The monoisotopic (exact) mass is 409 g/mol. The fourth-order valence-corrected chi connectivity index (χ4v) is 3.91. The minimum absolute atomic E-state index is 0.145. The summed E-state index contributed by atoms with van der Waals surface area (Å²) in [5.41, 5.74) is 1.20. The van der Waals surface area contributed by atoms with Gasteiger partial charge in [0.2, 0.25) is 0 Å². The summed E-state index contributed by atoms with van der Waals surface area (Å²) in [5.74, 6) is 0.918. The SMILES string of the molecule is CN1CN(Cc2ccc(C(F)(F)F)cc2)C=C2C1=N[C@@H](NCC1CCCO1)N2C. The third-order valence-corrected chi connectivity index (χ3v) is 5.50. The lowest BCUT2D eigenvalue weighted by atomic mass is 10.1. The molecule has 0 bridgehead atoms. The van der Waals surface area contributed by atoms with Crippen LogP contribution in [0.2, 0.25) is 0 Å². The van der Waals surface area contributed by atoms with Gasteiger partial charge in [-0.3, -0.25) is 5.32 Å². The highest BCUT2D eigenvalue weighted by atomic mass is 19.4. The van der Waals surface area contributed by atoms with E-state index in [9.17, 15) is 13.2 Å². The second-order valence-electron chi connectivity index (χ2n) is 7.78. The fourth-order valence-electron chi connectivity index (χ4n) is 3.91. The molecule has 1 unspecified atom stereocenters. The van der Waals surface area contributed by atoms with Crippen molar-refractivity contribution in [3.05, 3.63) is 47.3 Å². The number of alkyl halides is 3. The third-order valence-electron chi connectivity index (χ3n) is 5.50. The number of benzene rings is 1. The summed E-state index contributed by atoms with van der Waals surface area (Å²) in [6, 6.07) is 5.34. The van der Waals surface area contributed by atoms with E-state index in [-0.39, 0.29) is 12.4 Å². The zero-order valence-electron chi connectivity index (χ0n) is 16.6. The molecule has 29 heavy (non-hydrogen) atoms. The van der Waals surface area contributed by atoms with Crippen molar-refractivity contribution in [1.29, 1.82) is 0 Å². The minimum atomic E-state index is -4.31. The Balaban J connectivity index is 1.42. The van der Waals surface area contributed by atoms with Crippen LogP contribution in [-0.2, 0) is 17.5 Å². The predicted octanol–water partition coefficient (Wildman–Crippen LogP) is 2.65. The maximum absolute atomic E-state index is 12.8. The molecule has 3 aliphatic rings. The van der Waals surface area contributed by atoms with E-state index in [0.717, 1.165) is 55.2 Å². The van der Waals surface area contributed by atoms with Crippen molar-refractivity contribution >= 4 is 5.84 Å². The number of hydrogen-bond donors (Lipinski definition) is 1. The maximum atomic E-state index is 12.8. The van der Waals surface area contributed by atoms with E-state index in [4.69, 9.17) is 9.73 Å². The topological polar surface area (TPSA) is 43.3 Å². The summed E-state index contributed by atoms with van der Waals surface area (Å²) in [7, 11) is 3.97. The Kier molecular flexibility index (Phi) is 5.44. The molecule has 1 aromatic rings. The Labute approximate surface area is 168 Å². The summed E-state index contributed by atoms with van der Waals surface area (Å²) < 4.78 is 43.9. The first-order chi connectivity index (χ1) is 13.8. The first-order valence-electron chi connectivity index (χ1n) is 9.80. The summed E-state index contributed by atoms with van der Waals surface area (Å²) in [6.07, 6.45) is 0.0000803. The average molecular weight is 409 g/mol. The second kappa shape index (κ2) is 7.87. The smallest absolute Gasteiger partial charge is 0.377 e. The lowest BCUT2D eigenvalue weighted by Gasteiger charge is -2.35. The molecule has 1 N–H and O–H groups in total. The molecule has 0 amide bonds. The Bertz CT molecular complexity index is 786. The molecule has 1 aromatic carbocycles. The maximum Gasteiger partial charge on any atom is 0.416 e. The minimum Gasteiger partial charge on any atom is -0.377 e. The van der Waals surface area contributed by atoms with E-state index in [1.165, 1.54) is 12.1 Å². The first-order valence-corrected chi connectivity index (χ1v) is 9.80. The molecule has 6 nitrogen and oxygen atoms in total. The number of nitrogens with zero attached hydrogens (tertiary/aromatic N) is 4. The van der Waals surface area contributed by atoms with Crippen LogP contribution >= 0.6 is 0 Å². The first kappa shape index (κ1) is 20.0. The molecule has 0 radical (unpaired) electrons. The van der Waals surface area contributed by atoms with Crippen LogP contribution in [0.3, 0.4) is 0 Å². The van der Waals surface area contributed by atoms with Crippen molar-refractivity contribution in [2.75, 3.05) is 33.9 Å². The quantitative estimate of drug-likeness (QED) is 0.810. The largest absolute Gasteiger partial charge is 0.416 e. The summed E-state index contributed by atoms with van der Waals surface area (Å²) in [4.78, 5) is 11.0. The van der Waals surface area contributed by atoms with Crippen LogP contribution in [0.15, 0.2) is 41.2 Å². The van der Waals surface area contributed by atoms with E-state index >= 15 is 0 Å². The van der Waals surface area contributed by atoms with E-state index in [1.807, 2.05) is 20.3 Å².